The van der Waals surface area contributed by atoms with Gasteiger partial charge in [0.15, 0.2) is 0 Å². The second-order valence-electron chi connectivity index (χ2n) is 8.61. The van der Waals surface area contributed by atoms with Gasteiger partial charge in [0.25, 0.3) is 0 Å². The Morgan fingerprint density at radius 1 is 1.04 bits per heavy atom. The van der Waals surface area contributed by atoms with E-state index in [-0.39, 0.29) is 11.3 Å². The maximum atomic E-state index is 13.1. The summed E-state index contributed by atoms with van der Waals surface area (Å²) in [6, 6.07) is 1.95. The lowest BCUT2D eigenvalue weighted by Crippen LogP contribution is -2.51. The molecule has 0 atom stereocenters. The summed E-state index contributed by atoms with van der Waals surface area (Å²) in [5.41, 5.74) is -0.118. The molecule has 0 radical (unpaired) electrons. The molecule has 2 heterocycles. The Morgan fingerprint density at radius 3 is 2.29 bits per heavy atom. The molecule has 0 unspecified atom stereocenters. The SMILES string of the molecule is O=C(Nc1cc(N2CCCC2)ncn1)C12CC3CC(CC(C3)C1)C2. The molecule has 0 spiro atoms. The molecule has 4 saturated carbocycles. The maximum absolute atomic E-state index is 13.1. The van der Waals surface area contributed by atoms with Crippen LogP contribution in [0.1, 0.15) is 51.4 Å². The average molecular weight is 326 g/mol. The summed E-state index contributed by atoms with van der Waals surface area (Å²) in [7, 11) is 0. The van der Waals surface area contributed by atoms with Crippen molar-refractivity contribution < 1.29 is 4.79 Å². The molecule has 5 aliphatic rings. The summed E-state index contributed by atoms with van der Waals surface area (Å²) >= 11 is 0. The molecule has 24 heavy (non-hydrogen) atoms. The molecule has 1 aliphatic heterocycles. The van der Waals surface area contributed by atoms with E-state index in [4.69, 9.17) is 0 Å². The van der Waals surface area contributed by atoms with Gasteiger partial charge in [-0.3, -0.25) is 4.79 Å². The van der Waals surface area contributed by atoms with Gasteiger partial charge < -0.3 is 10.2 Å². The third-order valence-electron chi connectivity index (χ3n) is 6.84. The first kappa shape index (κ1) is 14.7. The summed E-state index contributed by atoms with van der Waals surface area (Å²) in [4.78, 5) is 24.1. The van der Waals surface area contributed by atoms with E-state index in [1.165, 1.54) is 32.1 Å². The van der Waals surface area contributed by atoms with Crippen molar-refractivity contribution in [3.05, 3.63) is 12.4 Å². The summed E-state index contributed by atoms with van der Waals surface area (Å²) in [6.07, 6.45) is 11.4. The van der Waals surface area contributed by atoms with Crippen LogP contribution < -0.4 is 10.2 Å². The minimum atomic E-state index is -0.118. The van der Waals surface area contributed by atoms with Crippen molar-refractivity contribution in [2.24, 2.45) is 23.2 Å². The van der Waals surface area contributed by atoms with Gasteiger partial charge in [-0.25, -0.2) is 9.97 Å². The fourth-order valence-corrected chi connectivity index (χ4v) is 6.17. The standard InChI is InChI=1S/C19H26N4O/c24-18(19-9-13-5-14(10-19)7-15(6-13)11-19)22-16-8-17(21-12-20-16)23-3-1-2-4-23/h8,12-15H,1-7,9-11H2,(H,20,21,22,24). The van der Waals surface area contributed by atoms with Gasteiger partial charge in [-0.05, 0) is 69.1 Å². The van der Waals surface area contributed by atoms with Gasteiger partial charge in [0, 0.05) is 19.2 Å². The third kappa shape index (κ3) is 2.40. The quantitative estimate of drug-likeness (QED) is 0.926. The van der Waals surface area contributed by atoms with E-state index < -0.39 is 0 Å². The lowest BCUT2D eigenvalue weighted by Gasteiger charge is -2.55. The zero-order valence-electron chi connectivity index (χ0n) is 14.2. The number of nitrogens with one attached hydrogen (secondary N) is 1. The minimum Gasteiger partial charge on any atom is -0.356 e. The Bertz CT molecular complexity index is 617. The Morgan fingerprint density at radius 2 is 1.67 bits per heavy atom. The second kappa shape index (κ2) is 5.43. The van der Waals surface area contributed by atoms with Crippen molar-refractivity contribution in [1.82, 2.24) is 9.97 Å². The maximum Gasteiger partial charge on any atom is 0.231 e. The summed E-state index contributed by atoms with van der Waals surface area (Å²) in [6.45, 7) is 2.11. The minimum absolute atomic E-state index is 0.118. The zero-order valence-corrected chi connectivity index (χ0v) is 14.2. The van der Waals surface area contributed by atoms with Crippen LogP contribution in [0.5, 0.6) is 0 Å². The van der Waals surface area contributed by atoms with Gasteiger partial charge in [0.1, 0.15) is 18.0 Å². The highest BCUT2D eigenvalue weighted by Crippen LogP contribution is 2.60. The van der Waals surface area contributed by atoms with E-state index in [1.54, 1.807) is 6.33 Å². The molecule has 1 aromatic heterocycles. The number of nitrogens with zero attached hydrogens (tertiary/aromatic N) is 3. The Hall–Kier alpha value is -1.65. The van der Waals surface area contributed by atoms with E-state index in [0.717, 1.165) is 55.9 Å². The normalized spacial score (nSPS) is 37.0. The number of aromatic nitrogens is 2. The molecule has 1 saturated heterocycles. The fourth-order valence-electron chi connectivity index (χ4n) is 6.17. The van der Waals surface area contributed by atoms with Crippen LogP contribution in [0.4, 0.5) is 11.6 Å². The summed E-state index contributed by atoms with van der Waals surface area (Å²) in [5.74, 6) is 4.19. The Labute approximate surface area is 143 Å². The Balaban J connectivity index is 1.34. The molecule has 6 rings (SSSR count). The van der Waals surface area contributed by atoms with Crippen LogP contribution in [0.25, 0.3) is 0 Å². The molecule has 1 N–H and O–H groups in total. The number of carbonyl (C=O) groups excluding carboxylic acids is 1. The van der Waals surface area contributed by atoms with Crippen LogP contribution in [0.2, 0.25) is 0 Å². The van der Waals surface area contributed by atoms with E-state index in [9.17, 15) is 4.79 Å². The predicted octanol–water partition coefficient (Wildman–Crippen LogP) is 3.23. The highest BCUT2D eigenvalue weighted by molar-refractivity contribution is 5.95. The van der Waals surface area contributed by atoms with Gasteiger partial charge in [0.2, 0.25) is 5.91 Å². The first-order chi connectivity index (χ1) is 11.7. The van der Waals surface area contributed by atoms with Crippen LogP contribution in [-0.4, -0.2) is 29.0 Å². The van der Waals surface area contributed by atoms with Crippen molar-refractivity contribution >= 4 is 17.5 Å². The topological polar surface area (TPSA) is 58.1 Å². The van der Waals surface area contributed by atoms with Crippen molar-refractivity contribution in [1.29, 1.82) is 0 Å². The first-order valence-corrected chi connectivity index (χ1v) is 9.59. The summed E-state index contributed by atoms with van der Waals surface area (Å²) in [5, 5.41) is 3.15. The largest absolute Gasteiger partial charge is 0.356 e. The lowest BCUT2D eigenvalue weighted by atomic mass is 9.49. The second-order valence-corrected chi connectivity index (χ2v) is 8.61. The molecule has 1 aromatic rings. The third-order valence-corrected chi connectivity index (χ3v) is 6.84. The number of hydrogen-bond acceptors (Lipinski definition) is 4. The molecule has 1 amide bonds. The van der Waals surface area contributed by atoms with Crippen molar-refractivity contribution in [2.75, 3.05) is 23.3 Å². The van der Waals surface area contributed by atoms with Crippen LogP contribution in [0.3, 0.4) is 0 Å². The van der Waals surface area contributed by atoms with Gasteiger partial charge in [-0.15, -0.1) is 0 Å². The van der Waals surface area contributed by atoms with Gasteiger partial charge in [0.05, 0.1) is 5.41 Å². The fraction of sp³-hybridized carbons (Fsp3) is 0.737. The molecule has 4 aliphatic carbocycles. The zero-order chi connectivity index (χ0) is 16.1. The highest BCUT2D eigenvalue weighted by atomic mass is 16.2. The lowest BCUT2D eigenvalue weighted by molar-refractivity contribution is -0.140. The van der Waals surface area contributed by atoms with Crippen LogP contribution in [0, 0.1) is 23.2 Å². The van der Waals surface area contributed by atoms with Gasteiger partial charge >= 0.3 is 0 Å². The smallest absolute Gasteiger partial charge is 0.231 e. The molecule has 128 valence electrons. The number of amides is 1. The molecule has 5 nitrogen and oxygen atoms in total. The molecular formula is C19H26N4O. The molecule has 4 bridgehead atoms. The van der Waals surface area contributed by atoms with Gasteiger partial charge in [-0.2, -0.15) is 0 Å². The van der Waals surface area contributed by atoms with Crippen LogP contribution in [-0.2, 0) is 4.79 Å². The Kier molecular flexibility index (Phi) is 3.32. The number of carbonyl (C=O) groups is 1. The average Bonchev–Trinajstić information content (AvgIpc) is 3.08. The van der Waals surface area contributed by atoms with Crippen molar-refractivity contribution in [3.63, 3.8) is 0 Å². The number of hydrogen-bond donors (Lipinski definition) is 1. The molecule has 5 fully saturated rings. The number of rotatable bonds is 3. The molecule has 0 aromatic carbocycles. The van der Waals surface area contributed by atoms with Gasteiger partial charge in [-0.1, -0.05) is 0 Å². The van der Waals surface area contributed by atoms with E-state index >= 15 is 0 Å². The number of anilines is 2. The van der Waals surface area contributed by atoms with Crippen LogP contribution in [0.15, 0.2) is 12.4 Å². The molecular weight excluding hydrogens is 300 g/mol. The van der Waals surface area contributed by atoms with Crippen molar-refractivity contribution in [3.8, 4) is 0 Å². The van der Waals surface area contributed by atoms with E-state index in [0.29, 0.717) is 5.82 Å². The summed E-state index contributed by atoms with van der Waals surface area (Å²) < 4.78 is 0. The van der Waals surface area contributed by atoms with Crippen LogP contribution >= 0.6 is 0 Å². The first-order valence-electron chi connectivity index (χ1n) is 9.59. The highest BCUT2D eigenvalue weighted by Gasteiger charge is 2.54. The van der Waals surface area contributed by atoms with Crippen molar-refractivity contribution in [2.45, 2.75) is 51.4 Å². The van der Waals surface area contributed by atoms with E-state index in [1.807, 2.05) is 6.07 Å². The van der Waals surface area contributed by atoms with E-state index in [2.05, 4.69) is 20.2 Å². The molecule has 5 heteroatoms. The predicted molar refractivity (Wildman–Crippen MR) is 92.7 cm³/mol. The monoisotopic (exact) mass is 326 g/mol.